The highest BCUT2D eigenvalue weighted by Gasteiger charge is 2.29. The summed E-state index contributed by atoms with van der Waals surface area (Å²) in [5.41, 5.74) is 18.1. The van der Waals surface area contributed by atoms with Gasteiger partial charge in [-0.1, -0.05) is 218 Å². The number of aromatic nitrogens is 5. The van der Waals surface area contributed by atoms with E-state index < -0.39 is 0 Å². The van der Waals surface area contributed by atoms with E-state index >= 15 is 0 Å². The topological polar surface area (TPSA) is 66.0 Å². The lowest BCUT2D eigenvalue weighted by molar-refractivity contribution is 0.667. The van der Waals surface area contributed by atoms with Gasteiger partial charge in [0.25, 0.3) is 0 Å². The summed E-state index contributed by atoms with van der Waals surface area (Å²) in [4.78, 5) is 20.2. The van der Waals surface area contributed by atoms with Gasteiger partial charge < -0.3 is 13.6 Å². The second kappa shape index (κ2) is 19.4. The van der Waals surface area contributed by atoms with Crippen molar-refractivity contribution in [3.05, 3.63) is 290 Å². The molecule has 0 saturated heterocycles. The molecule has 0 N–H and O–H groups in total. The molecule has 0 unspecified atom stereocenters. The van der Waals surface area contributed by atoms with Crippen LogP contribution in [0.4, 0.5) is 5.69 Å². The summed E-state index contributed by atoms with van der Waals surface area (Å²) in [5.74, 6) is 1.57. The third-order valence-corrected chi connectivity index (χ3v) is 16.2. The zero-order chi connectivity index (χ0) is 55.0. The molecule has 0 saturated carbocycles. The van der Waals surface area contributed by atoms with Crippen molar-refractivity contribution in [3.8, 4) is 90.0 Å². The van der Waals surface area contributed by atoms with Crippen LogP contribution in [0.15, 0.2) is 283 Å². The van der Waals surface area contributed by atoms with Crippen LogP contribution < -0.4 is 0 Å². The maximum absolute atomic E-state index is 9.58. The van der Waals surface area contributed by atoms with E-state index in [1.807, 2.05) is 66.7 Å². The van der Waals surface area contributed by atoms with Gasteiger partial charge in [0.1, 0.15) is 11.2 Å². The minimum Gasteiger partial charge on any atom is -0.454 e. The van der Waals surface area contributed by atoms with E-state index in [1.54, 1.807) is 0 Å². The Morgan fingerprint density at radius 1 is 0.289 bits per heavy atom. The first-order valence-electron chi connectivity index (χ1n) is 27.8. The van der Waals surface area contributed by atoms with Crippen LogP contribution in [0, 0.1) is 6.57 Å². The van der Waals surface area contributed by atoms with Crippen molar-refractivity contribution in [1.29, 1.82) is 0 Å². The molecule has 386 valence electrons. The van der Waals surface area contributed by atoms with Crippen molar-refractivity contribution in [2.45, 2.75) is 0 Å². The van der Waals surface area contributed by atoms with E-state index in [9.17, 15) is 6.57 Å². The Morgan fingerprint density at radius 2 is 0.651 bits per heavy atom. The number of benzene rings is 12. The molecule has 0 aliphatic carbocycles. The van der Waals surface area contributed by atoms with E-state index in [-0.39, 0.29) is 0 Å². The molecule has 0 aliphatic heterocycles. The molecule has 0 radical (unpaired) electrons. The van der Waals surface area contributed by atoms with Crippen LogP contribution in [0.3, 0.4) is 0 Å². The monoisotopic (exact) mass is 1060 g/mol. The molecule has 16 rings (SSSR count). The average Bonchev–Trinajstić information content (AvgIpc) is 1.89. The predicted molar refractivity (Wildman–Crippen MR) is 340 cm³/mol. The van der Waals surface area contributed by atoms with E-state index in [2.05, 4.69) is 226 Å². The van der Waals surface area contributed by atoms with Crippen LogP contribution in [-0.2, 0) is 0 Å². The molecular formula is C76H46N6O. The van der Waals surface area contributed by atoms with Crippen LogP contribution in [0.25, 0.3) is 160 Å². The molecule has 4 heterocycles. The van der Waals surface area contributed by atoms with Crippen molar-refractivity contribution in [3.63, 3.8) is 0 Å². The molecule has 0 spiro atoms. The lowest BCUT2D eigenvalue weighted by atomic mass is 10.0. The minimum atomic E-state index is 0.437. The lowest BCUT2D eigenvalue weighted by Gasteiger charge is -2.17. The highest BCUT2D eigenvalue weighted by atomic mass is 16.3. The fourth-order valence-electron chi connectivity index (χ4n) is 12.3. The smallest absolute Gasteiger partial charge is 0.237 e. The number of hydrogen-bond donors (Lipinski definition) is 0. The standard InChI is InChI=1S/C76H46N6O/c1-77-70-69(81-65-39-35-54(48-21-8-2-9-22-48)43-60(65)61-44-55(36-40-66(61)81)49-23-10-3-11-24-49)47-64-58-33-20-34-59(76-79-74(52-29-16-6-17-30-52)78-75(80-76)53-31-18-7-19-32-53)72(58)83-73(64)71(70)82-67-41-37-56(50-25-12-4-13-26-50)45-62(67)63-46-57(38-42-68(63)82)51-27-14-5-15-28-51/h2-47H. The molecule has 0 bridgehead atoms. The summed E-state index contributed by atoms with van der Waals surface area (Å²) in [6, 6.07) is 97.4. The quantitative estimate of drug-likeness (QED) is 0.135. The Bertz CT molecular complexity index is 4990. The number of nitrogens with zero attached hydrogens (tertiary/aromatic N) is 6. The van der Waals surface area contributed by atoms with E-state index in [1.165, 1.54) is 0 Å². The summed E-state index contributed by atoms with van der Waals surface area (Å²) < 4.78 is 12.1. The molecule has 16 aromatic rings. The fraction of sp³-hybridized carbons (Fsp3) is 0. The number of furan rings is 1. The second-order valence-corrected chi connectivity index (χ2v) is 21.0. The Kier molecular flexibility index (Phi) is 11.1. The lowest BCUT2D eigenvalue weighted by Crippen LogP contribution is -2.01. The van der Waals surface area contributed by atoms with Gasteiger partial charge in [-0.2, -0.15) is 0 Å². The predicted octanol–water partition coefficient (Wildman–Crippen LogP) is 20.2. The Labute approximate surface area is 477 Å². The first kappa shape index (κ1) is 47.5. The van der Waals surface area contributed by atoms with Crippen LogP contribution in [0.1, 0.15) is 0 Å². The summed E-state index contributed by atoms with van der Waals surface area (Å²) in [7, 11) is 0. The van der Waals surface area contributed by atoms with E-state index in [0.29, 0.717) is 45.6 Å². The maximum atomic E-state index is 9.58. The molecule has 12 aromatic carbocycles. The first-order valence-corrected chi connectivity index (χ1v) is 27.8. The third-order valence-electron chi connectivity index (χ3n) is 16.2. The van der Waals surface area contributed by atoms with Crippen molar-refractivity contribution in [2.75, 3.05) is 0 Å². The van der Waals surface area contributed by atoms with E-state index in [4.69, 9.17) is 19.4 Å². The Morgan fingerprint density at radius 3 is 1.04 bits per heavy atom. The van der Waals surface area contributed by atoms with Crippen molar-refractivity contribution in [2.24, 2.45) is 0 Å². The Balaban J connectivity index is 1.04. The van der Waals surface area contributed by atoms with Gasteiger partial charge in [0.15, 0.2) is 17.5 Å². The summed E-state index contributed by atoms with van der Waals surface area (Å²) in [6.07, 6.45) is 0. The van der Waals surface area contributed by atoms with Gasteiger partial charge in [-0.05, 0) is 105 Å². The van der Waals surface area contributed by atoms with Crippen LogP contribution in [0.5, 0.6) is 0 Å². The van der Waals surface area contributed by atoms with Crippen molar-refractivity contribution in [1.82, 2.24) is 24.1 Å². The van der Waals surface area contributed by atoms with Gasteiger partial charge in [0.05, 0.1) is 45.6 Å². The number of rotatable bonds is 9. The van der Waals surface area contributed by atoms with Crippen molar-refractivity contribution < 1.29 is 4.42 Å². The molecule has 0 aliphatic rings. The number of para-hydroxylation sites is 1. The molecule has 83 heavy (non-hydrogen) atoms. The molecule has 0 fully saturated rings. The molecule has 4 aromatic heterocycles. The summed E-state index contributed by atoms with van der Waals surface area (Å²) in [6.45, 7) is 9.58. The highest BCUT2D eigenvalue weighted by molar-refractivity contribution is 6.19. The minimum absolute atomic E-state index is 0.437. The Hall–Kier alpha value is -11.5. The maximum Gasteiger partial charge on any atom is 0.237 e. The molecule has 0 amide bonds. The average molecular weight is 1060 g/mol. The van der Waals surface area contributed by atoms with Gasteiger partial charge in [-0.3, -0.25) is 0 Å². The van der Waals surface area contributed by atoms with Crippen LogP contribution in [0.2, 0.25) is 0 Å². The summed E-state index contributed by atoms with van der Waals surface area (Å²) >= 11 is 0. The van der Waals surface area contributed by atoms with Gasteiger partial charge >= 0.3 is 0 Å². The molecular weight excluding hydrogens is 1010 g/mol. The SMILES string of the molecule is [C-]#[N+]c1c(-n2c3ccc(-c4ccccc4)cc3c3cc(-c4ccccc4)ccc32)cc2c(oc3c(-c4nc(-c5ccccc5)nc(-c5ccccc5)n4)cccc32)c1-n1c2ccc(-c3ccccc3)cc2c2cc(-c3ccccc3)ccc21. The molecule has 7 nitrogen and oxygen atoms in total. The zero-order valence-corrected chi connectivity index (χ0v) is 44.6. The zero-order valence-electron chi connectivity index (χ0n) is 44.6. The number of fused-ring (bicyclic) bond motifs is 9. The fourth-order valence-corrected chi connectivity index (χ4v) is 12.3. The van der Waals surface area contributed by atoms with Crippen LogP contribution in [-0.4, -0.2) is 24.1 Å². The first-order chi connectivity index (χ1) is 41.1. The number of hydrogen-bond acceptors (Lipinski definition) is 4. The van der Waals surface area contributed by atoms with Gasteiger partial charge in [-0.25, -0.2) is 19.8 Å². The van der Waals surface area contributed by atoms with Crippen molar-refractivity contribution >= 4 is 71.2 Å². The van der Waals surface area contributed by atoms with Gasteiger partial charge in [-0.15, -0.1) is 0 Å². The van der Waals surface area contributed by atoms with E-state index in [0.717, 1.165) is 116 Å². The summed E-state index contributed by atoms with van der Waals surface area (Å²) in [5, 5.41) is 5.96. The normalized spacial score (nSPS) is 11.6. The second-order valence-electron chi connectivity index (χ2n) is 21.0. The van der Waals surface area contributed by atoms with Gasteiger partial charge in [0.2, 0.25) is 5.69 Å². The largest absolute Gasteiger partial charge is 0.454 e. The molecule has 7 heteroatoms. The van der Waals surface area contributed by atoms with Crippen LogP contribution >= 0.6 is 0 Å². The molecule has 0 atom stereocenters. The van der Waals surface area contributed by atoms with Gasteiger partial charge in [0, 0.05) is 43.4 Å². The third kappa shape index (κ3) is 7.92. The highest BCUT2D eigenvalue weighted by Crippen LogP contribution is 2.50.